The van der Waals surface area contributed by atoms with Crippen molar-refractivity contribution in [2.45, 2.75) is 139 Å². The Bertz CT molecular complexity index is 1190. The number of rotatable bonds is 7. The number of hydrogen-bond acceptors (Lipinski definition) is 10. The zero-order chi connectivity index (χ0) is 32.3. The van der Waals surface area contributed by atoms with E-state index in [-0.39, 0.29) is 41.7 Å². The molecule has 0 radical (unpaired) electrons. The lowest BCUT2D eigenvalue weighted by atomic mass is 9.41. The Kier molecular flexibility index (Phi) is 8.99. The number of likely N-dealkylation sites (tertiary alicyclic amines) is 1. The Labute approximate surface area is 273 Å². The van der Waals surface area contributed by atoms with Crippen LogP contribution in [0, 0.1) is 28.6 Å². The van der Waals surface area contributed by atoms with Crippen molar-refractivity contribution in [3.8, 4) is 0 Å². The average Bonchev–Trinajstić information content (AvgIpc) is 3.58. The van der Waals surface area contributed by atoms with Gasteiger partial charge in [0.1, 0.15) is 12.7 Å². The molecule has 4 aliphatic carbocycles. The fourth-order valence-corrected chi connectivity index (χ4v) is 11.4. The first-order chi connectivity index (χ1) is 22.0. The van der Waals surface area contributed by atoms with Crippen LogP contribution in [0.5, 0.6) is 0 Å². The third-order valence-corrected chi connectivity index (χ3v) is 14.0. The molecule has 7 aliphatic rings. The van der Waals surface area contributed by atoms with Gasteiger partial charge in [0.2, 0.25) is 0 Å². The summed E-state index contributed by atoms with van der Waals surface area (Å²) in [5, 5.41) is 46.0. The highest BCUT2D eigenvalue weighted by Crippen LogP contribution is 2.70. The second kappa shape index (κ2) is 12.5. The molecule has 3 heterocycles. The van der Waals surface area contributed by atoms with Crippen molar-refractivity contribution in [2.24, 2.45) is 33.6 Å². The van der Waals surface area contributed by atoms with E-state index in [1.807, 2.05) is 0 Å². The summed E-state index contributed by atoms with van der Waals surface area (Å²) >= 11 is 0. The predicted octanol–water partition coefficient (Wildman–Crippen LogP) is 3.14. The number of esters is 1. The molecule has 4 saturated carbocycles. The maximum Gasteiger partial charge on any atom is 0.331 e. The standard InChI is InChI=1S/C36H56N2O8/c1-23-32(41)29(39)19-31(45-23)46-25-6-11-34(22-37-14-17-38-15-4-3-5-16-38)27-7-10-33(2)26(24-18-30(40)44-21-24)9-13-36(33,43)28(27)8-12-35(34,42)20-25/h18,22-23,25-29,31-32,39,41-43H,3-17,19-21H2,1-2H3/t23-,25-,26+,27-,28+,29+,31+,32+,33+,34-,35-,36-/m0/s1. The molecule has 10 heteroatoms. The minimum atomic E-state index is -1.04. The molecular formula is C36H56N2O8. The second-order valence-electron chi connectivity index (χ2n) is 16.1. The molecule has 0 aromatic rings. The molecule has 10 nitrogen and oxygen atoms in total. The van der Waals surface area contributed by atoms with E-state index < -0.39 is 41.2 Å². The summed E-state index contributed by atoms with van der Waals surface area (Å²) < 4.78 is 17.6. The molecule has 0 aromatic heterocycles. The summed E-state index contributed by atoms with van der Waals surface area (Å²) in [6.45, 7) is 8.19. The number of aliphatic imine (C=N–C) groups is 1. The van der Waals surface area contributed by atoms with Crippen molar-refractivity contribution in [1.82, 2.24) is 4.90 Å². The monoisotopic (exact) mass is 644 g/mol. The third-order valence-electron chi connectivity index (χ3n) is 14.0. The van der Waals surface area contributed by atoms with Crippen LogP contribution in [-0.4, -0.2) is 112 Å². The summed E-state index contributed by atoms with van der Waals surface area (Å²) in [5.41, 5.74) is -1.83. The van der Waals surface area contributed by atoms with Crippen molar-refractivity contribution in [3.05, 3.63) is 11.6 Å². The molecule has 2 saturated heterocycles. The average molecular weight is 645 g/mol. The molecule has 7 rings (SSSR count). The number of carbonyl (C=O) groups excluding carboxylic acids is 1. The van der Waals surface area contributed by atoms with Crippen molar-refractivity contribution in [1.29, 1.82) is 0 Å². The lowest BCUT2D eigenvalue weighted by molar-refractivity contribution is -0.282. The molecule has 12 atom stereocenters. The Hall–Kier alpha value is -1.40. The maximum absolute atomic E-state index is 12.8. The summed E-state index contributed by atoms with van der Waals surface area (Å²) in [6.07, 6.45) is 11.0. The van der Waals surface area contributed by atoms with E-state index in [4.69, 9.17) is 19.2 Å². The SMILES string of the molecule is C[C@@H]1O[C@H](O[C@H]2CC[C@]3(C=NCCN4CCCCC4)[C@H]4CC[C@]5(C)[C@@H](C6=CC(=O)OC6)CC[C@]5(O)[C@@H]4CC[C@]3(O)C2)C[C@@H](O)[C@@H]1O. The molecule has 3 aliphatic heterocycles. The Morgan fingerprint density at radius 2 is 1.83 bits per heavy atom. The smallest absolute Gasteiger partial charge is 0.331 e. The predicted molar refractivity (Wildman–Crippen MR) is 171 cm³/mol. The van der Waals surface area contributed by atoms with E-state index in [0.717, 1.165) is 57.3 Å². The van der Waals surface area contributed by atoms with Gasteiger partial charge >= 0.3 is 5.97 Å². The van der Waals surface area contributed by atoms with Crippen molar-refractivity contribution in [3.63, 3.8) is 0 Å². The first-order valence-electron chi connectivity index (χ1n) is 18.2. The van der Waals surface area contributed by atoms with Gasteiger partial charge in [0.15, 0.2) is 6.29 Å². The van der Waals surface area contributed by atoms with Crippen LogP contribution in [-0.2, 0) is 19.0 Å². The molecule has 0 unspecified atom stereocenters. The number of carbonyl (C=O) groups is 1. The molecule has 0 amide bonds. The summed E-state index contributed by atoms with van der Waals surface area (Å²) in [4.78, 5) is 19.6. The number of ether oxygens (including phenoxy) is 3. The topological polar surface area (TPSA) is 141 Å². The van der Waals surface area contributed by atoms with E-state index in [0.29, 0.717) is 38.8 Å². The highest BCUT2D eigenvalue weighted by Gasteiger charge is 2.71. The van der Waals surface area contributed by atoms with Gasteiger partial charge < -0.3 is 39.5 Å². The van der Waals surface area contributed by atoms with Gasteiger partial charge in [-0.25, -0.2) is 4.79 Å². The van der Waals surface area contributed by atoms with Gasteiger partial charge in [-0.2, -0.15) is 0 Å². The zero-order valence-corrected chi connectivity index (χ0v) is 27.8. The van der Waals surface area contributed by atoms with Crippen LogP contribution in [0.1, 0.15) is 97.3 Å². The van der Waals surface area contributed by atoms with Crippen molar-refractivity contribution < 1.29 is 39.4 Å². The molecule has 258 valence electrons. The number of nitrogens with zero attached hydrogens (tertiary/aromatic N) is 2. The third kappa shape index (κ3) is 5.42. The first kappa shape index (κ1) is 33.1. The quantitative estimate of drug-likeness (QED) is 0.187. The number of aliphatic hydroxyl groups excluding tert-OH is 2. The van der Waals surface area contributed by atoms with E-state index >= 15 is 0 Å². The highest BCUT2D eigenvalue weighted by atomic mass is 16.7. The van der Waals surface area contributed by atoms with E-state index in [9.17, 15) is 25.2 Å². The van der Waals surface area contributed by atoms with Crippen LogP contribution in [0.25, 0.3) is 0 Å². The van der Waals surface area contributed by atoms with Crippen LogP contribution in [0.4, 0.5) is 0 Å². The fourth-order valence-electron chi connectivity index (χ4n) is 11.4. The Morgan fingerprint density at radius 3 is 2.57 bits per heavy atom. The molecule has 0 bridgehead atoms. The second-order valence-corrected chi connectivity index (χ2v) is 16.1. The largest absolute Gasteiger partial charge is 0.458 e. The number of piperidine rings is 1. The normalized spacial score (nSPS) is 49.7. The lowest BCUT2D eigenvalue weighted by Gasteiger charge is -2.66. The molecule has 0 aromatic carbocycles. The Morgan fingerprint density at radius 1 is 1.04 bits per heavy atom. The van der Waals surface area contributed by atoms with Gasteiger partial charge in [-0.3, -0.25) is 4.99 Å². The number of fused-ring (bicyclic) bond motifs is 5. The first-order valence-corrected chi connectivity index (χ1v) is 18.2. The molecular weight excluding hydrogens is 588 g/mol. The summed E-state index contributed by atoms with van der Waals surface area (Å²) in [7, 11) is 0. The van der Waals surface area contributed by atoms with Crippen molar-refractivity contribution >= 4 is 12.2 Å². The molecule has 6 fully saturated rings. The minimum Gasteiger partial charge on any atom is -0.458 e. The number of aliphatic hydroxyl groups is 4. The summed E-state index contributed by atoms with van der Waals surface area (Å²) in [5.74, 6) is -0.0415. The zero-order valence-electron chi connectivity index (χ0n) is 27.8. The van der Waals surface area contributed by atoms with Crippen LogP contribution in [0.3, 0.4) is 0 Å². The molecule has 4 N–H and O–H groups in total. The van der Waals surface area contributed by atoms with Crippen molar-refractivity contribution in [2.75, 3.05) is 32.8 Å². The summed E-state index contributed by atoms with van der Waals surface area (Å²) in [6, 6.07) is 0. The Balaban J connectivity index is 1.14. The van der Waals surface area contributed by atoms with Crippen LogP contribution >= 0.6 is 0 Å². The van der Waals surface area contributed by atoms with Crippen LogP contribution < -0.4 is 0 Å². The lowest BCUT2D eigenvalue weighted by Crippen LogP contribution is -2.69. The van der Waals surface area contributed by atoms with Crippen LogP contribution in [0.15, 0.2) is 16.6 Å². The van der Waals surface area contributed by atoms with Crippen LogP contribution in [0.2, 0.25) is 0 Å². The van der Waals surface area contributed by atoms with Gasteiger partial charge in [0, 0.05) is 42.5 Å². The van der Waals surface area contributed by atoms with Gasteiger partial charge in [0.25, 0.3) is 0 Å². The fraction of sp³-hybridized carbons (Fsp3) is 0.889. The molecule has 0 spiro atoms. The van der Waals surface area contributed by atoms with Gasteiger partial charge in [0.05, 0.1) is 36.1 Å². The van der Waals surface area contributed by atoms with Gasteiger partial charge in [-0.05, 0) is 108 Å². The maximum atomic E-state index is 12.8. The van der Waals surface area contributed by atoms with E-state index in [1.165, 1.54) is 19.3 Å². The number of cyclic esters (lactones) is 1. The van der Waals surface area contributed by atoms with E-state index in [1.54, 1.807) is 13.0 Å². The minimum absolute atomic E-state index is 0.0281. The van der Waals surface area contributed by atoms with Gasteiger partial charge in [-0.15, -0.1) is 0 Å². The highest BCUT2D eigenvalue weighted by molar-refractivity contribution is 5.85. The van der Waals surface area contributed by atoms with Gasteiger partial charge in [-0.1, -0.05) is 13.3 Å². The van der Waals surface area contributed by atoms with E-state index in [2.05, 4.69) is 18.0 Å². The molecule has 46 heavy (non-hydrogen) atoms. The number of hydrogen-bond donors (Lipinski definition) is 4.